The zero-order chi connectivity index (χ0) is 54.3. The summed E-state index contributed by atoms with van der Waals surface area (Å²) in [6, 6.07) is 0. The van der Waals surface area contributed by atoms with Crippen molar-refractivity contribution in [1.29, 1.82) is 0 Å². The Kier molecular flexibility index (Phi) is 61.7. The van der Waals surface area contributed by atoms with E-state index in [-0.39, 0.29) is 37.5 Å². The van der Waals surface area contributed by atoms with Crippen molar-refractivity contribution in [1.82, 2.24) is 0 Å². The highest BCUT2D eigenvalue weighted by Crippen LogP contribution is 2.18. The lowest BCUT2D eigenvalue weighted by Gasteiger charge is -2.18. The van der Waals surface area contributed by atoms with Crippen molar-refractivity contribution in [3.05, 3.63) is 48.6 Å². The van der Waals surface area contributed by atoms with E-state index in [0.29, 0.717) is 19.3 Å². The Labute approximate surface area is 467 Å². The molecule has 0 aliphatic carbocycles. The van der Waals surface area contributed by atoms with Crippen LogP contribution in [0.5, 0.6) is 0 Å². The molecule has 438 valence electrons. The van der Waals surface area contributed by atoms with Crippen molar-refractivity contribution in [3.63, 3.8) is 0 Å². The van der Waals surface area contributed by atoms with E-state index in [1.54, 1.807) is 0 Å². The standard InChI is InChI=1S/C69H126O6/c1-4-7-10-13-16-19-22-24-25-26-27-28-29-30-31-32-33-34-35-36-37-38-39-40-41-42-43-45-47-50-53-56-59-62-68(71)74-65-66(64-73-67(70)61-58-55-52-49-46-21-18-15-12-9-6-3)75-69(72)63-60-57-54-51-48-44-23-20-17-14-11-8-5-2/h8,11,17,20,44,48,54,57,66H,4-7,9-10,12-16,18-19,21-43,45-47,49-53,55-56,58-65H2,1-3H3/b11-8-,20-17-,48-44-,57-54-. The highest BCUT2D eigenvalue weighted by molar-refractivity contribution is 5.71. The average molecular weight is 1050 g/mol. The molecule has 6 nitrogen and oxygen atoms in total. The van der Waals surface area contributed by atoms with Gasteiger partial charge >= 0.3 is 17.9 Å². The molecule has 6 heteroatoms. The summed E-state index contributed by atoms with van der Waals surface area (Å²) in [5.74, 6) is -0.963. The van der Waals surface area contributed by atoms with Gasteiger partial charge in [0.25, 0.3) is 0 Å². The van der Waals surface area contributed by atoms with Gasteiger partial charge in [0.2, 0.25) is 0 Å². The smallest absolute Gasteiger partial charge is 0.306 e. The molecule has 0 aliphatic heterocycles. The van der Waals surface area contributed by atoms with Crippen LogP contribution in [0.25, 0.3) is 0 Å². The molecule has 0 aromatic heterocycles. The maximum absolute atomic E-state index is 12.8. The normalized spacial score (nSPS) is 12.3. The number of rotatable bonds is 61. The molecule has 0 aliphatic rings. The minimum Gasteiger partial charge on any atom is -0.462 e. The van der Waals surface area contributed by atoms with Gasteiger partial charge in [0.05, 0.1) is 0 Å². The maximum atomic E-state index is 12.8. The van der Waals surface area contributed by atoms with E-state index in [9.17, 15) is 14.4 Å². The molecule has 0 aromatic carbocycles. The molecule has 0 saturated carbocycles. The monoisotopic (exact) mass is 1050 g/mol. The van der Waals surface area contributed by atoms with Gasteiger partial charge in [-0.3, -0.25) is 14.4 Å². The quantitative estimate of drug-likeness (QED) is 0.0261. The van der Waals surface area contributed by atoms with Crippen LogP contribution in [-0.2, 0) is 28.6 Å². The van der Waals surface area contributed by atoms with Crippen LogP contribution >= 0.6 is 0 Å². The molecule has 0 amide bonds. The topological polar surface area (TPSA) is 78.9 Å². The van der Waals surface area contributed by atoms with Gasteiger partial charge in [-0.05, 0) is 44.9 Å². The number of hydrogen-bond acceptors (Lipinski definition) is 6. The Bertz CT molecular complexity index is 1300. The van der Waals surface area contributed by atoms with E-state index in [4.69, 9.17) is 14.2 Å². The van der Waals surface area contributed by atoms with Crippen LogP contribution in [-0.4, -0.2) is 37.2 Å². The third-order valence-corrected chi connectivity index (χ3v) is 14.9. The van der Waals surface area contributed by atoms with E-state index in [2.05, 4.69) is 63.3 Å². The fourth-order valence-corrected chi connectivity index (χ4v) is 9.93. The predicted molar refractivity (Wildman–Crippen MR) is 325 cm³/mol. The molecular weight excluding hydrogens is 925 g/mol. The molecule has 0 aromatic rings. The maximum Gasteiger partial charge on any atom is 0.306 e. The molecule has 0 saturated heterocycles. The van der Waals surface area contributed by atoms with Crippen molar-refractivity contribution in [2.75, 3.05) is 13.2 Å². The van der Waals surface area contributed by atoms with E-state index in [0.717, 1.165) is 64.2 Å². The van der Waals surface area contributed by atoms with E-state index >= 15 is 0 Å². The summed E-state index contributed by atoms with van der Waals surface area (Å²) in [6.45, 7) is 6.50. The van der Waals surface area contributed by atoms with E-state index < -0.39 is 6.10 Å². The van der Waals surface area contributed by atoms with Gasteiger partial charge in [0.1, 0.15) is 13.2 Å². The highest BCUT2D eigenvalue weighted by atomic mass is 16.6. The summed E-state index contributed by atoms with van der Waals surface area (Å²) in [5, 5.41) is 0. The van der Waals surface area contributed by atoms with Crippen molar-refractivity contribution in [2.45, 2.75) is 361 Å². The van der Waals surface area contributed by atoms with Crippen LogP contribution in [0.1, 0.15) is 355 Å². The van der Waals surface area contributed by atoms with Gasteiger partial charge in [-0.1, -0.05) is 339 Å². The van der Waals surface area contributed by atoms with Gasteiger partial charge in [-0.15, -0.1) is 0 Å². The van der Waals surface area contributed by atoms with Gasteiger partial charge in [-0.25, -0.2) is 0 Å². The lowest BCUT2D eigenvalue weighted by Crippen LogP contribution is -2.30. The van der Waals surface area contributed by atoms with Gasteiger partial charge in [-0.2, -0.15) is 0 Å². The first-order valence-corrected chi connectivity index (χ1v) is 33.1. The predicted octanol–water partition coefficient (Wildman–Crippen LogP) is 22.6. The molecule has 1 unspecified atom stereocenters. The lowest BCUT2D eigenvalue weighted by molar-refractivity contribution is -0.166. The number of carbonyl (C=O) groups is 3. The van der Waals surface area contributed by atoms with Crippen LogP contribution in [0.2, 0.25) is 0 Å². The molecule has 0 rings (SSSR count). The number of hydrogen-bond donors (Lipinski definition) is 0. The van der Waals surface area contributed by atoms with E-state index in [1.165, 1.54) is 244 Å². The van der Waals surface area contributed by atoms with Gasteiger partial charge < -0.3 is 14.2 Å². The number of esters is 3. The Hall–Kier alpha value is -2.63. The second kappa shape index (κ2) is 63.9. The summed E-state index contributed by atoms with van der Waals surface area (Å²) in [6.07, 6.45) is 80.4. The SMILES string of the molecule is CC/C=C\C/C=C\C/C=C\C/C=C\CCC(=O)OC(COC(=O)CCCCCCCCCCCCC)COC(=O)CCCCCCCCCCCCCCCCCCCCCCCCCCCCCCCCCCC. The molecule has 0 heterocycles. The second-order valence-corrected chi connectivity index (χ2v) is 22.4. The van der Waals surface area contributed by atoms with Crippen LogP contribution in [0, 0.1) is 0 Å². The number of allylic oxidation sites excluding steroid dienone is 8. The highest BCUT2D eigenvalue weighted by Gasteiger charge is 2.19. The Morgan fingerprint density at radius 2 is 0.520 bits per heavy atom. The average Bonchev–Trinajstić information content (AvgIpc) is 3.41. The van der Waals surface area contributed by atoms with Crippen LogP contribution in [0.4, 0.5) is 0 Å². The number of carbonyl (C=O) groups excluding carboxylic acids is 3. The lowest BCUT2D eigenvalue weighted by atomic mass is 10.0. The van der Waals surface area contributed by atoms with Crippen molar-refractivity contribution >= 4 is 17.9 Å². The summed E-state index contributed by atoms with van der Waals surface area (Å²) in [4.78, 5) is 38.1. The number of unbranched alkanes of at least 4 members (excludes halogenated alkanes) is 42. The first-order valence-electron chi connectivity index (χ1n) is 33.1. The van der Waals surface area contributed by atoms with Crippen molar-refractivity contribution in [3.8, 4) is 0 Å². The van der Waals surface area contributed by atoms with Crippen LogP contribution in [0.15, 0.2) is 48.6 Å². The molecule has 0 radical (unpaired) electrons. The van der Waals surface area contributed by atoms with Gasteiger partial charge in [0.15, 0.2) is 6.10 Å². The third kappa shape index (κ3) is 62.1. The largest absolute Gasteiger partial charge is 0.462 e. The van der Waals surface area contributed by atoms with Crippen molar-refractivity contribution < 1.29 is 28.6 Å². The molecular formula is C69H126O6. The zero-order valence-corrected chi connectivity index (χ0v) is 50.3. The van der Waals surface area contributed by atoms with Crippen LogP contribution < -0.4 is 0 Å². The minimum atomic E-state index is -0.807. The zero-order valence-electron chi connectivity index (χ0n) is 50.3. The van der Waals surface area contributed by atoms with Gasteiger partial charge in [0, 0.05) is 19.3 Å². The van der Waals surface area contributed by atoms with Crippen molar-refractivity contribution in [2.24, 2.45) is 0 Å². The molecule has 0 N–H and O–H groups in total. The Morgan fingerprint density at radius 3 is 0.787 bits per heavy atom. The first kappa shape index (κ1) is 72.4. The number of ether oxygens (including phenoxy) is 3. The molecule has 0 bridgehead atoms. The summed E-state index contributed by atoms with van der Waals surface area (Å²) in [7, 11) is 0. The molecule has 0 spiro atoms. The molecule has 0 fully saturated rings. The van der Waals surface area contributed by atoms with E-state index in [1.807, 2.05) is 6.08 Å². The summed E-state index contributed by atoms with van der Waals surface area (Å²) in [5.41, 5.74) is 0. The summed E-state index contributed by atoms with van der Waals surface area (Å²) < 4.78 is 16.8. The van der Waals surface area contributed by atoms with Crippen LogP contribution in [0.3, 0.4) is 0 Å². The Morgan fingerprint density at radius 1 is 0.280 bits per heavy atom. The first-order chi connectivity index (χ1) is 37.0. The third-order valence-electron chi connectivity index (χ3n) is 14.9. The summed E-state index contributed by atoms with van der Waals surface area (Å²) >= 11 is 0. The molecule has 75 heavy (non-hydrogen) atoms. The molecule has 1 atom stereocenters. The fraction of sp³-hybridized carbons (Fsp3) is 0.841. The fourth-order valence-electron chi connectivity index (χ4n) is 9.93. The minimum absolute atomic E-state index is 0.0973. The second-order valence-electron chi connectivity index (χ2n) is 22.4. The Balaban J connectivity index is 4.03.